The number of hydrogen-bond donors (Lipinski definition) is 2. The molecule has 1 aliphatic heterocycles. The maximum absolute atomic E-state index is 12.0. The molecule has 0 radical (unpaired) electrons. The summed E-state index contributed by atoms with van der Waals surface area (Å²) >= 11 is 0. The van der Waals surface area contributed by atoms with E-state index in [4.69, 9.17) is 16.0 Å². The van der Waals surface area contributed by atoms with Crippen LogP contribution in [0.3, 0.4) is 0 Å². The van der Waals surface area contributed by atoms with Gasteiger partial charge in [-0.05, 0) is 19.8 Å². The second-order valence-corrected chi connectivity index (χ2v) is 6.83. The van der Waals surface area contributed by atoms with Gasteiger partial charge < -0.3 is 20.9 Å². The summed E-state index contributed by atoms with van der Waals surface area (Å²) in [6, 6.07) is 1.70. The Bertz CT molecular complexity index is 972. The lowest BCUT2D eigenvalue weighted by atomic mass is 9.91. The third kappa shape index (κ3) is 2.86. The molecule has 1 aliphatic rings. The van der Waals surface area contributed by atoms with E-state index in [1.54, 1.807) is 24.7 Å². The van der Waals surface area contributed by atoms with Crippen LogP contribution in [0.25, 0.3) is 22.2 Å². The smallest absolute Gasteiger partial charge is 0.268 e. The highest BCUT2D eigenvalue weighted by molar-refractivity contribution is 6.01. The summed E-state index contributed by atoms with van der Waals surface area (Å²) in [6.45, 7) is 3.49. The Labute approximate surface area is 149 Å². The second kappa shape index (κ2) is 6.03. The van der Waals surface area contributed by atoms with Crippen LogP contribution in [0, 0.1) is 0 Å². The quantitative estimate of drug-likeness (QED) is 0.714. The average molecular weight is 353 g/mol. The number of nitrogens with zero attached hydrogens (tertiary/aromatic N) is 5. The highest BCUT2D eigenvalue weighted by atomic mass is 16.5. The first-order chi connectivity index (χ1) is 12.4. The van der Waals surface area contributed by atoms with E-state index in [2.05, 4.69) is 20.1 Å². The van der Waals surface area contributed by atoms with Crippen LogP contribution in [0.1, 0.15) is 30.3 Å². The zero-order chi connectivity index (χ0) is 18.3. The van der Waals surface area contributed by atoms with Crippen molar-refractivity contribution in [3.63, 3.8) is 0 Å². The Kier molecular flexibility index (Phi) is 3.80. The number of amides is 1. The van der Waals surface area contributed by atoms with E-state index >= 15 is 0 Å². The van der Waals surface area contributed by atoms with Crippen LogP contribution in [0.4, 0.5) is 5.95 Å². The normalized spacial score (nSPS) is 16.8. The van der Waals surface area contributed by atoms with Gasteiger partial charge in [0.2, 0.25) is 5.95 Å². The van der Waals surface area contributed by atoms with Crippen LogP contribution < -0.4 is 16.4 Å². The summed E-state index contributed by atoms with van der Waals surface area (Å²) < 4.78 is 5.15. The summed E-state index contributed by atoms with van der Waals surface area (Å²) in [5.41, 5.74) is 13.2. The van der Waals surface area contributed by atoms with Crippen LogP contribution in [0.2, 0.25) is 0 Å². The van der Waals surface area contributed by atoms with Gasteiger partial charge in [0, 0.05) is 37.1 Å². The lowest BCUT2D eigenvalue weighted by molar-refractivity contribution is 0.0996. The molecular formula is C17H19N7O2. The number of piperidine rings is 1. The molecule has 0 aromatic carbocycles. The number of pyridine rings is 1. The molecule has 0 atom stereocenters. The lowest BCUT2D eigenvalue weighted by Crippen LogP contribution is -2.48. The first-order valence-corrected chi connectivity index (χ1v) is 8.35. The number of aromatic nitrogens is 4. The van der Waals surface area contributed by atoms with Crippen molar-refractivity contribution in [3.8, 4) is 11.3 Å². The fraction of sp³-hybridized carbons (Fsp3) is 0.353. The molecule has 0 spiro atoms. The summed E-state index contributed by atoms with van der Waals surface area (Å²) in [7, 11) is 0. The van der Waals surface area contributed by atoms with Crippen molar-refractivity contribution >= 4 is 22.8 Å². The van der Waals surface area contributed by atoms with Crippen molar-refractivity contribution in [1.82, 2.24) is 20.1 Å². The fourth-order valence-corrected chi connectivity index (χ4v) is 3.11. The van der Waals surface area contributed by atoms with Crippen LogP contribution in [-0.2, 0) is 0 Å². The summed E-state index contributed by atoms with van der Waals surface area (Å²) in [4.78, 5) is 27.2. The Morgan fingerprint density at radius 3 is 2.77 bits per heavy atom. The molecule has 1 amide bonds. The first kappa shape index (κ1) is 16.4. The molecule has 3 aromatic heterocycles. The van der Waals surface area contributed by atoms with Gasteiger partial charge in [0.05, 0.1) is 22.8 Å². The van der Waals surface area contributed by atoms with E-state index in [1.165, 1.54) is 0 Å². The molecule has 1 fully saturated rings. The standard InChI is InChI=1S/C17H19N7O2/c1-17(19)3-6-24(7-4-17)16-21-8-11(14(23-16)15(18)25)13-10-9-22-26-12(10)2-5-20-13/h2,5,8-9H,3-4,6-7,19H2,1H3,(H2,18,25). The van der Waals surface area contributed by atoms with E-state index < -0.39 is 5.91 Å². The molecule has 9 heteroatoms. The number of primary amides is 1. The van der Waals surface area contributed by atoms with Crippen molar-refractivity contribution in [3.05, 3.63) is 30.4 Å². The van der Waals surface area contributed by atoms with Crippen LogP contribution in [-0.4, -0.2) is 44.6 Å². The van der Waals surface area contributed by atoms with E-state index in [9.17, 15) is 4.79 Å². The number of rotatable bonds is 3. The molecule has 1 saturated heterocycles. The molecule has 9 nitrogen and oxygen atoms in total. The predicted octanol–water partition coefficient (Wildman–Crippen LogP) is 1.10. The molecule has 3 aromatic rings. The number of hydrogen-bond acceptors (Lipinski definition) is 8. The number of carbonyl (C=O) groups is 1. The van der Waals surface area contributed by atoms with Crippen molar-refractivity contribution in [1.29, 1.82) is 0 Å². The first-order valence-electron chi connectivity index (χ1n) is 8.35. The molecular weight excluding hydrogens is 334 g/mol. The Morgan fingerprint density at radius 1 is 1.27 bits per heavy atom. The third-order valence-electron chi connectivity index (χ3n) is 4.74. The monoisotopic (exact) mass is 353 g/mol. The van der Waals surface area contributed by atoms with Crippen LogP contribution in [0.15, 0.2) is 29.2 Å². The van der Waals surface area contributed by atoms with Crippen LogP contribution >= 0.6 is 0 Å². The SMILES string of the molecule is CC1(N)CCN(c2ncc(-c3nccc4oncc34)c(C(N)=O)n2)CC1. The minimum absolute atomic E-state index is 0.122. The molecule has 0 unspecified atom stereocenters. The van der Waals surface area contributed by atoms with E-state index in [0.29, 0.717) is 28.2 Å². The largest absolute Gasteiger partial charge is 0.364 e. The number of fused-ring (bicyclic) bond motifs is 1. The van der Waals surface area contributed by atoms with Gasteiger partial charge in [0.15, 0.2) is 5.58 Å². The molecule has 26 heavy (non-hydrogen) atoms. The van der Waals surface area contributed by atoms with Gasteiger partial charge >= 0.3 is 0 Å². The summed E-state index contributed by atoms with van der Waals surface area (Å²) in [5, 5.41) is 4.44. The molecule has 134 valence electrons. The van der Waals surface area contributed by atoms with Gasteiger partial charge in [0.25, 0.3) is 5.91 Å². The van der Waals surface area contributed by atoms with Gasteiger partial charge in [-0.2, -0.15) is 0 Å². The maximum Gasteiger partial charge on any atom is 0.268 e. The Morgan fingerprint density at radius 2 is 2.04 bits per heavy atom. The summed E-state index contributed by atoms with van der Waals surface area (Å²) in [6.07, 6.45) is 6.35. The minimum Gasteiger partial charge on any atom is -0.364 e. The minimum atomic E-state index is -0.639. The molecule has 0 bridgehead atoms. The number of carbonyl (C=O) groups excluding carboxylic acids is 1. The van der Waals surface area contributed by atoms with Crippen molar-refractivity contribution < 1.29 is 9.32 Å². The average Bonchev–Trinajstić information content (AvgIpc) is 3.10. The fourth-order valence-electron chi connectivity index (χ4n) is 3.11. The zero-order valence-corrected chi connectivity index (χ0v) is 14.3. The molecule has 0 aliphatic carbocycles. The van der Waals surface area contributed by atoms with Crippen LogP contribution in [0.5, 0.6) is 0 Å². The van der Waals surface area contributed by atoms with Crippen molar-refractivity contribution in [2.24, 2.45) is 11.5 Å². The van der Waals surface area contributed by atoms with Gasteiger partial charge in [-0.15, -0.1) is 0 Å². The van der Waals surface area contributed by atoms with E-state index in [0.717, 1.165) is 25.9 Å². The lowest BCUT2D eigenvalue weighted by Gasteiger charge is -2.36. The van der Waals surface area contributed by atoms with Crippen molar-refractivity contribution in [2.75, 3.05) is 18.0 Å². The topological polar surface area (TPSA) is 137 Å². The van der Waals surface area contributed by atoms with E-state index in [1.807, 2.05) is 11.8 Å². The number of anilines is 1. The predicted molar refractivity (Wildman–Crippen MR) is 95.4 cm³/mol. The number of nitrogens with two attached hydrogens (primary N) is 2. The molecule has 4 heterocycles. The Hall–Kier alpha value is -3.07. The van der Waals surface area contributed by atoms with Gasteiger partial charge in [-0.1, -0.05) is 5.16 Å². The van der Waals surface area contributed by atoms with Gasteiger partial charge in [-0.3, -0.25) is 9.78 Å². The second-order valence-electron chi connectivity index (χ2n) is 6.83. The molecule has 4 rings (SSSR count). The highest BCUT2D eigenvalue weighted by Crippen LogP contribution is 2.29. The molecule has 4 N–H and O–H groups in total. The summed E-state index contributed by atoms with van der Waals surface area (Å²) in [5.74, 6) is -0.171. The zero-order valence-electron chi connectivity index (χ0n) is 14.3. The third-order valence-corrected chi connectivity index (χ3v) is 4.74. The molecule has 0 saturated carbocycles. The maximum atomic E-state index is 12.0. The van der Waals surface area contributed by atoms with Gasteiger partial charge in [0.1, 0.15) is 5.69 Å². The van der Waals surface area contributed by atoms with Crippen molar-refractivity contribution in [2.45, 2.75) is 25.3 Å². The Balaban J connectivity index is 1.75. The van der Waals surface area contributed by atoms with Gasteiger partial charge in [-0.25, -0.2) is 9.97 Å². The van der Waals surface area contributed by atoms with E-state index in [-0.39, 0.29) is 11.2 Å². The highest BCUT2D eigenvalue weighted by Gasteiger charge is 2.28.